The summed E-state index contributed by atoms with van der Waals surface area (Å²) in [6.45, 7) is 1.84. The number of nitrogens with zero attached hydrogens (tertiary/aromatic N) is 2. The van der Waals surface area contributed by atoms with Gasteiger partial charge in [-0.2, -0.15) is 5.10 Å². The summed E-state index contributed by atoms with van der Waals surface area (Å²) in [6.07, 6.45) is 0.711. The molecule has 1 aromatic carbocycles. The fourth-order valence-corrected chi connectivity index (χ4v) is 2.48. The average Bonchev–Trinajstić information content (AvgIpc) is 2.62. The van der Waals surface area contributed by atoms with Gasteiger partial charge in [0.25, 0.3) is 0 Å². The third-order valence-corrected chi connectivity index (χ3v) is 3.72. The van der Waals surface area contributed by atoms with Crippen molar-refractivity contribution in [1.82, 2.24) is 9.78 Å². The van der Waals surface area contributed by atoms with E-state index >= 15 is 0 Å². The minimum atomic E-state index is -0.856. The SMILES string of the molecule is Cc1nn(C)c(Cl)c1CC(N)Cc1cccc(F)c1F. The number of aryl methyl sites for hydroxylation is 2. The molecule has 0 spiro atoms. The van der Waals surface area contributed by atoms with Crippen LogP contribution in [0.4, 0.5) is 8.78 Å². The lowest BCUT2D eigenvalue weighted by molar-refractivity contribution is 0.492. The van der Waals surface area contributed by atoms with Crippen LogP contribution in [0.25, 0.3) is 0 Å². The molecule has 108 valence electrons. The van der Waals surface area contributed by atoms with Crippen LogP contribution in [0.3, 0.4) is 0 Å². The fraction of sp³-hybridized carbons (Fsp3) is 0.357. The summed E-state index contributed by atoms with van der Waals surface area (Å²) in [5, 5.41) is 4.72. The molecule has 0 saturated carbocycles. The van der Waals surface area contributed by atoms with E-state index in [1.54, 1.807) is 11.7 Å². The molecule has 0 saturated heterocycles. The Bertz CT molecular complexity index is 625. The lowest BCUT2D eigenvalue weighted by Crippen LogP contribution is -2.26. The number of halogens is 3. The zero-order chi connectivity index (χ0) is 14.9. The van der Waals surface area contributed by atoms with Crippen LogP contribution in [-0.4, -0.2) is 15.8 Å². The highest BCUT2D eigenvalue weighted by atomic mass is 35.5. The van der Waals surface area contributed by atoms with Crippen molar-refractivity contribution < 1.29 is 8.78 Å². The van der Waals surface area contributed by atoms with Crippen LogP contribution in [0, 0.1) is 18.6 Å². The summed E-state index contributed by atoms with van der Waals surface area (Å²) < 4.78 is 28.3. The molecule has 1 unspecified atom stereocenters. The van der Waals surface area contributed by atoms with E-state index in [2.05, 4.69) is 5.10 Å². The number of rotatable bonds is 4. The quantitative estimate of drug-likeness (QED) is 0.943. The maximum atomic E-state index is 13.6. The fourth-order valence-electron chi connectivity index (χ4n) is 2.23. The highest BCUT2D eigenvalue weighted by molar-refractivity contribution is 6.30. The molecule has 0 aliphatic rings. The molecule has 0 bridgehead atoms. The Morgan fingerprint density at radius 2 is 2.05 bits per heavy atom. The number of hydrogen-bond donors (Lipinski definition) is 1. The van der Waals surface area contributed by atoms with Gasteiger partial charge >= 0.3 is 0 Å². The minimum absolute atomic E-state index is 0.244. The van der Waals surface area contributed by atoms with E-state index in [0.717, 1.165) is 17.3 Å². The Labute approximate surface area is 121 Å². The van der Waals surface area contributed by atoms with E-state index < -0.39 is 11.6 Å². The summed E-state index contributed by atoms with van der Waals surface area (Å²) in [6, 6.07) is 3.75. The van der Waals surface area contributed by atoms with Gasteiger partial charge in [-0.25, -0.2) is 8.78 Å². The molecule has 6 heteroatoms. The van der Waals surface area contributed by atoms with Crippen molar-refractivity contribution in [2.75, 3.05) is 0 Å². The van der Waals surface area contributed by atoms with E-state index in [9.17, 15) is 8.78 Å². The molecule has 2 N–H and O–H groups in total. The van der Waals surface area contributed by atoms with Crippen molar-refractivity contribution in [2.45, 2.75) is 25.8 Å². The molecule has 1 heterocycles. The van der Waals surface area contributed by atoms with Gasteiger partial charge in [-0.1, -0.05) is 23.7 Å². The highest BCUT2D eigenvalue weighted by Crippen LogP contribution is 2.21. The predicted molar refractivity (Wildman–Crippen MR) is 74.7 cm³/mol. The number of aromatic nitrogens is 2. The van der Waals surface area contributed by atoms with Crippen LogP contribution in [0.5, 0.6) is 0 Å². The molecule has 3 nitrogen and oxygen atoms in total. The average molecular weight is 300 g/mol. The van der Waals surface area contributed by atoms with Crippen molar-refractivity contribution in [2.24, 2.45) is 12.8 Å². The first-order valence-electron chi connectivity index (χ1n) is 6.26. The maximum absolute atomic E-state index is 13.6. The Morgan fingerprint density at radius 1 is 1.35 bits per heavy atom. The largest absolute Gasteiger partial charge is 0.327 e. The Morgan fingerprint density at radius 3 is 2.65 bits per heavy atom. The van der Waals surface area contributed by atoms with Crippen molar-refractivity contribution in [3.8, 4) is 0 Å². The maximum Gasteiger partial charge on any atom is 0.162 e. The van der Waals surface area contributed by atoms with Crippen LogP contribution < -0.4 is 5.73 Å². The zero-order valence-corrected chi connectivity index (χ0v) is 12.1. The molecule has 1 aromatic heterocycles. The first kappa shape index (κ1) is 14.9. The third-order valence-electron chi connectivity index (χ3n) is 3.25. The van der Waals surface area contributed by atoms with Gasteiger partial charge < -0.3 is 5.73 Å². The van der Waals surface area contributed by atoms with Gasteiger partial charge in [-0.3, -0.25) is 4.68 Å². The van der Waals surface area contributed by atoms with Crippen LogP contribution in [0.15, 0.2) is 18.2 Å². The third kappa shape index (κ3) is 2.99. The van der Waals surface area contributed by atoms with Crippen molar-refractivity contribution >= 4 is 11.6 Å². The van der Waals surface area contributed by atoms with Gasteiger partial charge in [0.2, 0.25) is 0 Å². The van der Waals surface area contributed by atoms with Gasteiger partial charge in [0.15, 0.2) is 11.6 Å². The van der Waals surface area contributed by atoms with Crippen LogP contribution in [-0.2, 0) is 19.9 Å². The predicted octanol–water partition coefficient (Wildman–Crippen LogP) is 2.77. The zero-order valence-electron chi connectivity index (χ0n) is 11.3. The van der Waals surface area contributed by atoms with Crippen molar-refractivity contribution in [3.63, 3.8) is 0 Å². The van der Waals surface area contributed by atoms with Gasteiger partial charge in [-0.05, 0) is 31.4 Å². The highest BCUT2D eigenvalue weighted by Gasteiger charge is 2.17. The second-order valence-electron chi connectivity index (χ2n) is 4.86. The molecular weight excluding hydrogens is 284 g/mol. The van der Waals surface area contributed by atoms with E-state index in [1.165, 1.54) is 12.1 Å². The molecule has 2 aromatic rings. The summed E-state index contributed by atoms with van der Waals surface area (Å²) in [4.78, 5) is 0. The topological polar surface area (TPSA) is 43.8 Å². The lowest BCUT2D eigenvalue weighted by atomic mass is 10.00. The van der Waals surface area contributed by atoms with Gasteiger partial charge in [-0.15, -0.1) is 0 Å². The van der Waals surface area contributed by atoms with E-state index in [1.807, 2.05) is 6.92 Å². The number of hydrogen-bond acceptors (Lipinski definition) is 2. The van der Waals surface area contributed by atoms with Crippen LogP contribution in [0.1, 0.15) is 16.8 Å². The number of benzene rings is 1. The van der Waals surface area contributed by atoms with Crippen LogP contribution in [0.2, 0.25) is 5.15 Å². The molecule has 2 rings (SSSR count). The molecule has 0 fully saturated rings. The Hall–Kier alpha value is -1.46. The standard InChI is InChI=1S/C14H16ClF2N3/c1-8-11(14(15)20(2)19-8)7-10(18)6-9-4-3-5-12(16)13(9)17/h3-5,10H,6-7,18H2,1-2H3. The lowest BCUT2D eigenvalue weighted by Gasteiger charge is -2.12. The molecule has 1 atom stereocenters. The smallest absolute Gasteiger partial charge is 0.162 e. The summed E-state index contributed by atoms with van der Waals surface area (Å²) in [7, 11) is 1.75. The first-order valence-corrected chi connectivity index (χ1v) is 6.64. The summed E-state index contributed by atoms with van der Waals surface area (Å²) in [5.74, 6) is -1.69. The van der Waals surface area contributed by atoms with E-state index in [0.29, 0.717) is 11.6 Å². The second-order valence-corrected chi connectivity index (χ2v) is 5.22. The second kappa shape index (κ2) is 5.89. The Kier molecular flexibility index (Phi) is 4.40. The molecule has 0 radical (unpaired) electrons. The molecular formula is C14H16ClF2N3. The van der Waals surface area contributed by atoms with Gasteiger partial charge in [0.05, 0.1) is 5.69 Å². The summed E-state index contributed by atoms with van der Waals surface area (Å²) >= 11 is 6.13. The molecule has 0 amide bonds. The monoisotopic (exact) mass is 299 g/mol. The first-order chi connectivity index (χ1) is 9.40. The molecule has 20 heavy (non-hydrogen) atoms. The van der Waals surface area contributed by atoms with Gasteiger partial charge in [0, 0.05) is 18.7 Å². The Balaban J connectivity index is 2.13. The van der Waals surface area contributed by atoms with Gasteiger partial charge in [0.1, 0.15) is 5.15 Å². The molecule has 0 aliphatic carbocycles. The number of nitrogens with two attached hydrogens (primary N) is 1. The van der Waals surface area contributed by atoms with Crippen molar-refractivity contribution in [1.29, 1.82) is 0 Å². The normalized spacial score (nSPS) is 12.7. The van der Waals surface area contributed by atoms with Crippen molar-refractivity contribution in [3.05, 3.63) is 51.8 Å². The molecule has 0 aliphatic heterocycles. The summed E-state index contributed by atoms with van der Waals surface area (Å²) in [5.41, 5.74) is 7.94. The van der Waals surface area contributed by atoms with Crippen LogP contribution >= 0.6 is 11.6 Å². The van der Waals surface area contributed by atoms with E-state index in [-0.39, 0.29) is 18.0 Å². The minimum Gasteiger partial charge on any atom is -0.327 e. The van der Waals surface area contributed by atoms with E-state index in [4.69, 9.17) is 17.3 Å².